The van der Waals surface area contributed by atoms with Gasteiger partial charge in [0.25, 0.3) is 0 Å². The van der Waals surface area contributed by atoms with Gasteiger partial charge in [0.15, 0.2) is 5.78 Å². The third kappa shape index (κ3) is 2.17. The van der Waals surface area contributed by atoms with E-state index in [0.29, 0.717) is 5.56 Å². The van der Waals surface area contributed by atoms with E-state index in [4.69, 9.17) is 0 Å². The van der Waals surface area contributed by atoms with Gasteiger partial charge in [0.2, 0.25) is 0 Å². The van der Waals surface area contributed by atoms with Crippen LogP contribution in [0.15, 0.2) is 53.0 Å². The Morgan fingerprint density at radius 2 is 1.74 bits per heavy atom. The molecule has 0 fully saturated rings. The number of aliphatic hydroxyl groups is 1. The molecule has 2 atom stereocenters. The number of carbonyl (C=O) groups is 1. The van der Waals surface area contributed by atoms with E-state index < -0.39 is 12.1 Å². The number of anilines is 1. The Kier molecular flexibility index (Phi) is 3.12. The van der Waals surface area contributed by atoms with Crippen LogP contribution in [0.5, 0.6) is 0 Å². The zero-order chi connectivity index (χ0) is 13.4. The van der Waals surface area contributed by atoms with E-state index in [9.17, 15) is 9.90 Å². The lowest BCUT2D eigenvalue weighted by atomic mass is 9.90. The van der Waals surface area contributed by atoms with Crippen LogP contribution in [0.25, 0.3) is 0 Å². The zero-order valence-electron chi connectivity index (χ0n) is 10.0. The minimum absolute atomic E-state index is 0.234. The Balaban J connectivity index is 2.01. The summed E-state index contributed by atoms with van der Waals surface area (Å²) in [4.78, 5) is 12.2. The molecule has 0 saturated heterocycles. The van der Waals surface area contributed by atoms with Crippen molar-refractivity contribution in [2.45, 2.75) is 12.1 Å². The van der Waals surface area contributed by atoms with Gasteiger partial charge in [-0.15, -0.1) is 0 Å². The summed E-state index contributed by atoms with van der Waals surface area (Å²) >= 11 is 3.37. The average Bonchev–Trinajstić information content (AvgIpc) is 2.44. The van der Waals surface area contributed by atoms with Crippen molar-refractivity contribution in [3.63, 3.8) is 0 Å². The number of rotatable bonds is 1. The summed E-state index contributed by atoms with van der Waals surface area (Å²) in [6, 6.07) is 14.4. The van der Waals surface area contributed by atoms with Crippen molar-refractivity contribution in [1.82, 2.24) is 0 Å². The predicted octanol–water partition coefficient (Wildman–Crippen LogP) is 3.16. The molecule has 0 bridgehead atoms. The first-order chi connectivity index (χ1) is 9.16. The summed E-state index contributed by atoms with van der Waals surface area (Å²) in [7, 11) is 0. The van der Waals surface area contributed by atoms with Gasteiger partial charge in [-0.1, -0.05) is 40.2 Å². The number of hydrogen-bond acceptors (Lipinski definition) is 3. The van der Waals surface area contributed by atoms with Gasteiger partial charge in [0.05, 0.1) is 6.04 Å². The summed E-state index contributed by atoms with van der Waals surface area (Å²) in [5, 5.41) is 13.4. The normalized spacial score (nSPS) is 21.7. The summed E-state index contributed by atoms with van der Waals surface area (Å²) in [6.07, 6.45) is -1.06. The fourth-order valence-electron chi connectivity index (χ4n) is 2.32. The van der Waals surface area contributed by atoms with Crippen LogP contribution in [0.3, 0.4) is 0 Å². The molecular weight excluding hydrogens is 306 g/mol. The lowest BCUT2D eigenvalue weighted by Crippen LogP contribution is -2.37. The first-order valence-corrected chi connectivity index (χ1v) is 6.79. The van der Waals surface area contributed by atoms with Crippen LogP contribution in [-0.2, 0) is 0 Å². The van der Waals surface area contributed by atoms with Gasteiger partial charge in [0.1, 0.15) is 6.10 Å². The van der Waals surface area contributed by atoms with E-state index in [1.807, 2.05) is 36.4 Å². The molecule has 0 aliphatic carbocycles. The minimum atomic E-state index is -1.06. The van der Waals surface area contributed by atoms with E-state index >= 15 is 0 Å². The van der Waals surface area contributed by atoms with E-state index in [-0.39, 0.29) is 5.78 Å². The number of carbonyl (C=O) groups excluding carboxylic acids is 1. The van der Waals surface area contributed by atoms with Gasteiger partial charge in [0, 0.05) is 15.7 Å². The quantitative estimate of drug-likeness (QED) is 0.849. The second kappa shape index (κ2) is 4.79. The van der Waals surface area contributed by atoms with Crippen LogP contribution in [0, 0.1) is 0 Å². The number of benzene rings is 2. The monoisotopic (exact) mass is 317 g/mol. The maximum absolute atomic E-state index is 12.2. The number of aliphatic hydroxyl groups excluding tert-OH is 1. The second-order valence-electron chi connectivity index (χ2n) is 4.53. The molecular formula is C15H12BrNO2. The number of para-hydroxylation sites is 1. The van der Waals surface area contributed by atoms with Crippen LogP contribution in [0.2, 0.25) is 0 Å². The fraction of sp³-hybridized carbons (Fsp3) is 0.133. The standard InChI is InChI=1S/C15H12BrNO2/c16-10-7-5-9(6-8-10)13-15(19)14(18)11-3-1-2-4-12(11)17-13/h1-8,13,15,17,19H/t13-,15+/m0/s1. The Labute approximate surface area is 119 Å². The highest BCUT2D eigenvalue weighted by atomic mass is 79.9. The maximum Gasteiger partial charge on any atom is 0.195 e. The van der Waals surface area contributed by atoms with Crippen molar-refractivity contribution in [2.24, 2.45) is 0 Å². The molecule has 96 valence electrons. The Bertz CT molecular complexity index is 624. The summed E-state index contributed by atoms with van der Waals surface area (Å²) in [6.45, 7) is 0. The first kappa shape index (κ1) is 12.4. The summed E-state index contributed by atoms with van der Waals surface area (Å²) < 4.78 is 0.966. The van der Waals surface area contributed by atoms with E-state index in [1.54, 1.807) is 12.1 Å². The fourth-order valence-corrected chi connectivity index (χ4v) is 2.58. The van der Waals surface area contributed by atoms with Crippen molar-refractivity contribution in [3.05, 3.63) is 64.1 Å². The number of Topliss-reactive ketones (excluding diaryl/α,β-unsaturated/α-hetero) is 1. The largest absolute Gasteiger partial charge is 0.382 e. The van der Waals surface area contributed by atoms with Crippen molar-refractivity contribution in [1.29, 1.82) is 0 Å². The van der Waals surface area contributed by atoms with Crippen LogP contribution in [0.4, 0.5) is 5.69 Å². The Morgan fingerprint density at radius 3 is 2.47 bits per heavy atom. The molecule has 0 unspecified atom stereocenters. The van der Waals surface area contributed by atoms with Crippen molar-refractivity contribution < 1.29 is 9.90 Å². The highest BCUT2D eigenvalue weighted by molar-refractivity contribution is 9.10. The van der Waals surface area contributed by atoms with Gasteiger partial charge in [-0.3, -0.25) is 4.79 Å². The molecule has 0 amide bonds. The average molecular weight is 318 g/mol. The molecule has 3 nitrogen and oxygen atoms in total. The number of hydrogen-bond donors (Lipinski definition) is 2. The molecule has 0 saturated carbocycles. The number of fused-ring (bicyclic) bond motifs is 1. The molecule has 1 aliphatic heterocycles. The minimum Gasteiger partial charge on any atom is -0.382 e. The molecule has 0 radical (unpaired) electrons. The topological polar surface area (TPSA) is 49.3 Å². The van der Waals surface area contributed by atoms with Gasteiger partial charge >= 0.3 is 0 Å². The zero-order valence-corrected chi connectivity index (χ0v) is 11.6. The Hall–Kier alpha value is -1.65. The molecule has 2 aromatic rings. The predicted molar refractivity (Wildman–Crippen MR) is 77.3 cm³/mol. The lowest BCUT2D eigenvalue weighted by molar-refractivity contribution is 0.0695. The highest BCUT2D eigenvalue weighted by Crippen LogP contribution is 2.33. The first-order valence-electron chi connectivity index (χ1n) is 6.00. The van der Waals surface area contributed by atoms with Crippen LogP contribution >= 0.6 is 15.9 Å². The smallest absolute Gasteiger partial charge is 0.195 e. The maximum atomic E-state index is 12.2. The summed E-state index contributed by atoms with van der Waals surface area (Å²) in [5.74, 6) is -0.234. The van der Waals surface area contributed by atoms with Crippen LogP contribution in [-0.4, -0.2) is 17.0 Å². The van der Waals surface area contributed by atoms with Gasteiger partial charge in [-0.25, -0.2) is 0 Å². The third-order valence-electron chi connectivity index (χ3n) is 3.32. The SMILES string of the molecule is O=C1c2ccccc2N[C@@H](c2ccc(Br)cc2)[C@H]1O. The molecule has 2 N–H and O–H groups in total. The van der Waals surface area contributed by atoms with Crippen LogP contribution in [0.1, 0.15) is 22.0 Å². The summed E-state index contributed by atoms with van der Waals surface area (Å²) in [5.41, 5.74) is 2.20. The molecule has 1 aliphatic rings. The molecule has 19 heavy (non-hydrogen) atoms. The number of nitrogens with one attached hydrogen (secondary N) is 1. The molecule has 0 spiro atoms. The van der Waals surface area contributed by atoms with Crippen molar-refractivity contribution in [3.8, 4) is 0 Å². The third-order valence-corrected chi connectivity index (χ3v) is 3.85. The number of ketones is 1. The van der Waals surface area contributed by atoms with Gasteiger partial charge in [-0.2, -0.15) is 0 Å². The van der Waals surface area contributed by atoms with Crippen LogP contribution < -0.4 is 5.32 Å². The van der Waals surface area contributed by atoms with E-state index in [0.717, 1.165) is 15.7 Å². The highest BCUT2D eigenvalue weighted by Gasteiger charge is 2.34. The lowest BCUT2D eigenvalue weighted by Gasteiger charge is -2.30. The molecule has 0 aromatic heterocycles. The van der Waals surface area contributed by atoms with E-state index in [2.05, 4.69) is 21.2 Å². The van der Waals surface area contributed by atoms with E-state index in [1.165, 1.54) is 0 Å². The van der Waals surface area contributed by atoms with Crippen molar-refractivity contribution >= 4 is 27.4 Å². The van der Waals surface area contributed by atoms with Gasteiger partial charge in [-0.05, 0) is 29.8 Å². The van der Waals surface area contributed by atoms with Crippen molar-refractivity contribution in [2.75, 3.05) is 5.32 Å². The number of halogens is 1. The Morgan fingerprint density at radius 1 is 1.05 bits per heavy atom. The second-order valence-corrected chi connectivity index (χ2v) is 5.44. The molecule has 4 heteroatoms. The molecule has 2 aromatic carbocycles. The molecule has 3 rings (SSSR count). The van der Waals surface area contributed by atoms with Gasteiger partial charge < -0.3 is 10.4 Å². The molecule has 1 heterocycles.